The summed E-state index contributed by atoms with van der Waals surface area (Å²) in [6, 6.07) is 3.46. The number of amides is 1. The van der Waals surface area contributed by atoms with Crippen molar-refractivity contribution in [2.75, 3.05) is 6.54 Å². The second-order valence-electron chi connectivity index (χ2n) is 4.01. The molecule has 16 heavy (non-hydrogen) atoms. The number of nitrogens with zero attached hydrogens (tertiary/aromatic N) is 1. The topological polar surface area (TPSA) is 20.3 Å². The molecule has 0 atom stereocenters. The predicted octanol–water partition coefficient (Wildman–Crippen LogP) is 2.48. The van der Waals surface area contributed by atoms with Gasteiger partial charge in [-0.25, -0.2) is 8.78 Å². The molecule has 4 heteroatoms. The Morgan fingerprint density at radius 1 is 1.25 bits per heavy atom. The summed E-state index contributed by atoms with van der Waals surface area (Å²) in [6.45, 7) is 0.903. The number of hydrogen-bond acceptors (Lipinski definition) is 1. The van der Waals surface area contributed by atoms with Crippen LogP contribution >= 0.6 is 0 Å². The van der Waals surface area contributed by atoms with E-state index in [1.807, 2.05) is 0 Å². The molecule has 86 valence electrons. The molecule has 0 unspecified atom stereocenters. The van der Waals surface area contributed by atoms with Gasteiger partial charge in [0.05, 0.1) is 0 Å². The molecule has 0 aromatic heterocycles. The van der Waals surface area contributed by atoms with E-state index in [4.69, 9.17) is 0 Å². The summed E-state index contributed by atoms with van der Waals surface area (Å²) in [7, 11) is 0. The van der Waals surface area contributed by atoms with Gasteiger partial charge in [0, 0.05) is 31.1 Å². The molecular weight excluding hydrogens is 212 g/mol. The van der Waals surface area contributed by atoms with Gasteiger partial charge in [-0.15, -0.1) is 0 Å². The predicted molar refractivity (Wildman–Crippen MR) is 55.6 cm³/mol. The Bertz CT molecular complexity index is 406. The van der Waals surface area contributed by atoms with Crippen molar-refractivity contribution in [3.63, 3.8) is 0 Å². The monoisotopic (exact) mass is 225 g/mol. The van der Waals surface area contributed by atoms with Crippen LogP contribution in [0.25, 0.3) is 0 Å². The molecule has 1 amide bonds. The molecule has 1 aromatic carbocycles. The zero-order chi connectivity index (χ0) is 11.5. The summed E-state index contributed by atoms with van der Waals surface area (Å²) in [4.78, 5) is 13.1. The molecule has 1 heterocycles. The lowest BCUT2D eigenvalue weighted by Gasteiger charge is -2.26. The maximum absolute atomic E-state index is 13.4. The Morgan fingerprint density at radius 3 is 2.75 bits per heavy atom. The van der Waals surface area contributed by atoms with Crippen LogP contribution in [0, 0.1) is 11.6 Å². The molecule has 1 aromatic rings. The van der Waals surface area contributed by atoms with E-state index < -0.39 is 11.6 Å². The maximum Gasteiger partial charge on any atom is 0.222 e. The lowest BCUT2D eigenvalue weighted by atomic mass is 10.1. The maximum atomic E-state index is 13.4. The highest BCUT2D eigenvalue weighted by atomic mass is 19.1. The van der Waals surface area contributed by atoms with Crippen LogP contribution in [-0.4, -0.2) is 17.4 Å². The Morgan fingerprint density at radius 2 is 2.06 bits per heavy atom. The average Bonchev–Trinajstić information content (AvgIpc) is 2.25. The number of likely N-dealkylation sites (tertiary alicyclic amines) is 1. The SMILES string of the molecule is O=C1CCCCN1Cc1ccc(F)cc1F. The van der Waals surface area contributed by atoms with Gasteiger partial charge in [-0.3, -0.25) is 4.79 Å². The number of piperidine rings is 1. The van der Waals surface area contributed by atoms with Crippen LogP contribution in [0.1, 0.15) is 24.8 Å². The number of halogens is 2. The quantitative estimate of drug-likeness (QED) is 0.757. The lowest BCUT2D eigenvalue weighted by molar-refractivity contribution is -0.133. The minimum Gasteiger partial charge on any atom is -0.338 e. The molecule has 0 spiro atoms. The zero-order valence-electron chi connectivity index (χ0n) is 8.88. The highest BCUT2D eigenvalue weighted by molar-refractivity contribution is 5.76. The molecule has 1 aliphatic rings. The van der Waals surface area contributed by atoms with Gasteiger partial charge in [-0.05, 0) is 18.9 Å². The highest BCUT2D eigenvalue weighted by Gasteiger charge is 2.19. The van der Waals surface area contributed by atoms with Gasteiger partial charge in [0.15, 0.2) is 0 Å². The van der Waals surface area contributed by atoms with Crippen LogP contribution in [0.4, 0.5) is 8.78 Å². The largest absolute Gasteiger partial charge is 0.338 e. The van der Waals surface area contributed by atoms with Gasteiger partial charge in [0.1, 0.15) is 11.6 Å². The lowest BCUT2D eigenvalue weighted by Crippen LogP contribution is -2.34. The summed E-state index contributed by atoms with van der Waals surface area (Å²) in [5.41, 5.74) is 0.372. The molecule has 0 saturated carbocycles. The van der Waals surface area contributed by atoms with E-state index in [2.05, 4.69) is 0 Å². The van der Waals surface area contributed by atoms with E-state index in [-0.39, 0.29) is 12.5 Å². The fourth-order valence-corrected chi connectivity index (χ4v) is 1.88. The standard InChI is InChI=1S/C12H13F2NO/c13-10-5-4-9(11(14)7-10)8-15-6-2-1-3-12(15)16/h4-5,7H,1-3,6,8H2. The number of carbonyl (C=O) groups is 1. The highest BCUT2D eigenvalue weighted by Crippen LogP contribution is 2.16. The van der Waals surface area contributed by atoms with Crippen molar-refractivity contribution in [3.8, 4) is 0 Å². The first-order chi connectivity index (χ1) is 7.66. The summed E-state index contributed by atoms with van der Waals surface area (Å²) >= 11 is 0. The number of carbonyl (C=O) groups excluding carboxylic acids is 1. The van der Waals surface area contributed by atoms with Gasteiger partial charge < -0.3 is 4.90 Å². The van der Waals surface area contributed by atoms with E-state index in [9.17, 15) is 13.6 Å². The van der Waals surface area contributed by atoms with Gasteiger partial charge in [0.25, 0.3) is 0 Å². The van der Waals surface area contributed by atoms with Gasteiger partial charge in [0.2, 0.25) is 5.91 Å². The van der Waals surface area contributed by atoms with Crippen molar-refractivity contribution in [1.82, 2.24) is 4.90 Å². The van der Waals surface area contributed by atoms with E-state index in [0.29, 0.717) is 18.5 Å². The second kappa shape index (κ2) is 4.60. The Kier molecular flexibility index (Phi) is 3.17. The van der Waals surface area contributed by atoms with Crippen molar-refractivity contribution < 1.29 is 13.6 Å². The fourth-order valence-electron chi connectivity index (χ4n) is 1.88. The summed E-state index contributed by atoms with van der Waals surface area (Å²) in [5.74, 6) is -1.13. The van der Waals surface area contributed by atoms with Crippen LogP contribution in [0.3, 0.4) is 0 Å². The average molecular weight is 225 g/mol. The van der Waals surface area contributed by atoms with Crippen LogP contribution in [0.2, 0.25) is 0 Å². The van der Waals surface area contributed by atoms with Gasteiger partial charge in [-0.1, -0.05) is 6.07 Å². The normalized spacial score (nSPS) is 16.6. The third-order valence-corrected chi connectivity index (χ3v) is 2.80. The molecule has 0 N–H and O–H groups in total. The molecule has 2 rings (SSSR count). The molecule has 2 nitrogen and oxygen atoms in total. The third-order valence-electron chi connectivity index (χ3n) is 2.80. The van der Waals surface area contributed by atoms with Crippen molar-refractivity contribution in [3.05, 3.63) is 35.4 Å². The van der Waals surface area contributed by atoms with Gasteiger partial charge >= 0.3 is 0 Å². The second-order valence-corrected chi connectivity index (χ2v) is 4.01. The first-order valence-electron chi connectivity index (χ1n) is 5.38. The van der Waals surface area contributed by atoms with Crippen LogP contribution < -0.4 is 0 Å². The van der Waals surface area contributed by atoms with E-state index in [0.717, 1.165) is 18.9 Å². The number of hydrogen-bond donors (Lipinski definition) is 0. The van der Waals surface area contributed by atoms with Gasteiger partial charge in [-0.2, -0.15) is 0 Å². The van der Waals surface area contributed by atoms with Crippen LogP contribution in [0.5, 0.6) is 0 Å². The van der Waals surface area contributed by atoms with Crippen molar-refractivity contribution in [2.45, 2.75) is 25.8 Å². The summed E-state index contributed by atoms with van der Waals surface area (Å²) in [5, 5.41) is 0. The number of benzene rings is 1. The minimum absolute atomic E-state index is 0.0509. The van der Waals surface area contributed by atoms with Crippen molar-refractivity contribution in [2.24, 2.45) is 0 Å². The van der Waals surface area contributed by atoms with Crippen LogP contribution in [0.15, 0.2) is 18.2 Å². The minimum atomic E-state index is -0.591. The Hall–Kier alpha value is -1.45. The van der Waals surface area contributed by atoms with E-state index >= 15 is 0 Å². The van der Waals surface area contributed by atoms with Crippen molar-refractivity contribution in [1.29, 1.82) is 0 Å². The zero-order valence-corrected chi connectivity index (χ0v) is 8.88. The molecular formula is C12H13F2NO. The smallest absolute Gasteiger partial charge is 0.222 e. The fraction of sp³-hybridized carbons (Fsp3) is 0.417. The first kappa shape index (κ1) is 11.0. The van der Waals surface area contributed by atoms with E-state index in [1.54, 1.807) is 4.90 Å². The molecule has 1 aliphatic heterocycles. The molecule has 1 fully saturated rings. The Balaban J connectivity index is 2.10. The molecule has 1 saturated heterocycles. The molecule has 0 bridgehead atoms. The Labute approximate surface area is 92.9 Å². The van der Waals surface area contributed by atoms with Crippen molar-refractivity contribution >= 4 is 5.91 Å². The first-order valence-corrected chi connectivity index (χ1v) is 5.38. The number of rotatable bonds is 2. The van der Waals surface area contributed by atoms with Crippen LogP contribution in [-0.2, 0) is 11.3 Å². The third kappa shape index (κ3) is 2.38. The summed E-state index contributed by atoms with van der Waals surface area (Å²) in [6.07, 6.45) is 2.39. The van der Waals surface area contributed by atoms with E-state index in [1.165, 1.54) is 12.1 Å². The molecule has 0 aliphatic carbocycles. The molecule has 0 radical (unpaired) electrons. The summed E-state index contributed by atoms with van der Waals surface area (Å²) < 4.78 is 26.0.